The van der Waals surface area contributed by atoms with Crippen LogP contribution in [0.2, 0.25) is 0 Å². The molecule has 0 bridgehead atoms. The van der Waals surface area contributed by atoms with Crippen LogP contribution in [0.15, 0.2) is 27.3 Å². The second-order valence-corrected chi connectivity index (χ2v) is 8.10. The summed E-state index contributed by atoms with van der Waals surface area (Å²) in [4.78, 5) is 10.2. The van der Waals surface area contributed by atoms with Crippen LogP contribution in [0.4, 0.5) is 0 Å². The number of aryl methyl sites for hydroxylation is 2. The highest BCUT2D eigenvalue weighted by Crippen LogP contribution is 2.24. The fourth-order valence-corrected chi connectivity index (χ4v) is 4.23. The first-order valence-electron chi connectivity index (χ1n) is 8.31. The summed E-state index contributed by atoms with van der Waals surface area (Å²) in [6.07, 6.45) is 2.64. The number of hydrogen-bond acceptors (Lipinski definition) is 3. The van der Waals surface area contributed by atoms with E-state index < -0.39 is 0 Å². The van der Waals surface area contributed by atoms with Crippen molar-refractivity contribution in [2.24, 2.45) is 0 Å². The van der Waals surface area contributed by atoms with Gasteiger partial charge in [0.05, 0.1) is 11.8 Å². The molecule has 1 fully saturated rings. The monoisotopic (exact) mass is 455 g/mol. The number of ether oxygens (including phenoxy) is 1. The third kappa shape index (κ3) is 4.69. The van der Waals surface area contributed by atoms with E-state index in [2.05, 4.69) is 71.9 Å². The van der Waals surface area contributed by atoms with Gasteiger partial charge in [-0.3, -0.25) is 4.90 Å². The van der Waals surface area contributed by atoms with Crippen molar-refractivity contribution < 1.29 is 4.74 Å². The number of rotatable bonds is 6. The molecule has 0 aliphatic carbocycles. The van der Waals surface area contributed by atoms with Gasteiger partial charge in [0, 0.05) is 30.7 Å². The van der Waals surface area contributed by atoms with Crippen LogP contribution in [0, 0.1) is 13.8 Å². The van der Waals surface area contributed by atoms with Crippen molar-refractivity contribution >= 4 is 31.9 Å². The number of halogens is 2. The van der Waals surface area contributed by atoms with Gasteiger partial charge in [0.2, 0.25) is 0 Å². The summed E-state index contributed by atoms with van der Waals surface area (Å²) in [5.74, 6) is 0.936. The highest BCUT2D eigenvalue weighted by molar-refractivity contribution is 9.10. The number of nitrogens with one attached hydrogen (secondary N) is 1. The lowest BCUT2D eigenvalue weighted by Crippen LogP contribution is -2.31. The van der Waals surface area contributed by atoms with Crippen LogP contribution < -0.4 is 0 Å². The molecule has 1 N–H and O–H groups in total. The summed E-state index contributed by atoms with van der Waals surface area (Å²) >= 11 is 7.26. The molecule has 24 heavy (non-hydrogen) atoms. The number of imidazole rings is 1. The molecule has 6 heteroatoms. The molecule has 4 nitrogen and oxygen atoms in total. The quantitative estimate of drug-likeness (QED) is 0.682. The molecule has 1 atom stereocenters. The molecule has 0 saturated carbocycles. The highest BCUT2D eigenvalue weighted by atomic mass is 79.9. The van der Waals surface area contributed by atoms with E-state index in [1.54, 1.807) is 0 Å². The fraction of sp³-hybridized carbons (Fsp3) is 0.500. The van der Waals surface area contributed by atoms with Crippen molar-refractivity contribution in [2.75, 3.05) is 13.2 Å². The topological polar surface area (TPSA) is 41.2 Å². The highest BCUT2D eigenvalue weighted by Gasteiger charge is 2.21. The van der Waals surface area contributed by atoms with Crippen LogP contribution in [0.1, 0.15) is 35.5 Å². The van der Waals surface area contributed by atoms with Gasteiger partial charge in [0.1, 0.15) is 10.4 Å². The van der Waals surface area contributed by atoms with E-state index in [0.29, 0.717) is 6.10 Å². The van der Waals surface area contributed by atoms with Gasteiger partial charge >= 0.3 is 0 Å². The van der Waals surface area contributed by atoms with Crippen LogP contribution in [-0.4, -0.2) is 34.1 Å². The number of nitrogens with zero attached hydrogens (tertiary/aromatic N) is 2. The standard InChI is InChI=1S/C18H23Br2N3O/c1-12-5-6-14(16(19)8-12)9-23(10-15-4-3-7-24-15)11-17-18(20)22-13(2)21-17/h5-6,8,15H,3-4,7,9-11H2,1-2H3,(H,21,22). The second-order valence-electron chi connectivity index (χ2n) is 6.49. The number of hydrogen-bond donors (Lipinski definition) is 1. The molecule has 1 unspecified atom stereocenters. The largest absolute Gasteiger partial charge is 0.377 e. The zero-order valence-electron chi connectivity index (χ0n) is 14.1. The third-order valence-electron chi connectivity index (χ3n) is 4.32. The molecule has 0 amide bonds. The minimum Gasteiger partial charge on any atom is -0.377 e. The Labute approximate surface area is 160 Å². The first-order valence-corrected chi connectivity index (χ1v) is 9.90. The molecule has 2 heterocycles. The van der Waals surface area contributed by atoms with Crippen molar-refractivity contribution in [1.29, 1.82) is 0 Å². The minimum atomic E-state index is 0.331. The summed E-state index contributed by atoms with van der Waals surface area (Å²) in [7, 11) is 0. The van der Waals surface area contributed by atoms with Gasteiger partial charge in [0.25, 0.3) is 0 Å². The van der Waals surface area contributed by atoms with Crippen molar-refractivity contribution in [2.45, 2.75) is 45.9 Å². The van der Waals surface area contributed by atoms with Gasteiger partial charge in [-0.05, 0) is 59.8 Å². The number of benzene rings is 1. The maximum absolute atomic E-state index is 5.85. The predicted molar refractivity (Wildman–Crippen MR) is 103 cm³/mol. The molecule has 0 radical (unpaired) electrons. The molecule has 1 saturated heterocycles. The van der Waals surface area contributed by atoms with Crippen molar-refractivity contribution in [3.63, 3.8) is 0 Å². The Morgan fingerprint density at radius 2 is 2.12 bits per heavy atom. The van der Waals surface area contributed by atoms with Crippen LogP contribution in [0.5, 0.6) is 0 Å². The maximum Gasteiger partial charge on any atom is 0.128 e. The zero-order valence-corrected chi connectivity index (χ0v) is 17.3. The first-order chi connectivity index (χ1) is 11.5. The lowest BCUT2D eigenvalue weighted by molar-refractivity contribution is 0.0673. The molecule has 0 spiro atoms. The predicted octanol–water partition coefficient (Wildman–Crippen LogP) is 4.73. The van der Waals surface area contributed by atoms with Gasteiger partial charge in [-0.15, -0.1) is 0 Å². The van der Waals surface area contributed by atoms with Gasteiger partial charge in [-0.1, -0.05) is 28.1 Å². The molecular weight excluding hydrogens is 434 g/mol. The smallest absolute Gasteiger partial charge is 0.128 e. The summed E-state index contributed by atoms with van der Waals surface area (Å²) < 4.78 is 7.92. The van der Waals surface area contributed by atoms with Gasteiger partial charge in [-0.2, -0.15) is 0 Å². The fourth-order valence-electron chi connectivity index (χ4n) is 3.12. The normalized spacial score (nSPS) is 17.8. The second kappa shape index (κ2) is 8.13. The average Bonchev–Trinajstić information content (AvgIpc) is 3.12. The maximum atomic E-state index is 5.85. The van der Waals surface area contributed by atoms with E-state index >= 15 is 0 Å². The lowest BCUT2D eigenvalue weighted by Gasteiger charge is -2.25. The van der Waals surface area contributed by atoms with Crippen LogP contribution in [0.3, 0.4) is 0 Å². The Morgan fingerprint density at radius 3 is 2.75 bits per heavy atom. The Balaban J connectivity index is 1.76. The molecule has 130 valence electrons. The van der Waals surface area contributed by atoms with Crippen LogP contribution in [0.25, 0.3) is 0 Å². The molecular formula is C18H23Br2N3O. The summed E-state index contributed by atoms with van der Waals surface area (Å²) in [5, 5.41) is 0. The number of aromatic nitrogens is 2. The Hall–Kier alpha value is -0.690. The van der Waals surface area contributed by atoms with Crippen LogP contribution >= 0.6 is 31.9 Å². The number of aromatic amines is 1. The molecule has 1 aliphatic heterocycles. The van der Waals surface area contributed by atoms with Gasteiger partial charge in [0.15, 0.2) is 0 Å². The Bertz CT molecular complexity index is 696. The Kier molecular flexibility index (Phi) is 6.13. The third-order valence-corrected chi connectivity index (χ3v) is 5.71. The van der Waals surface area contributed by atoms with Crippen molar-refractivity contribution in [3.05, 3.63) is 49.9 Å². The number of H-pyrrole nitrogens is 1. The zero-order chi connectivity index (χ0) is 17.1. The van der Waals surface area contributed by atoms with E-state index in [4.69, 9.17) is 4.74 Å². The van der Waals surface area contributed by atoms with E-state index in [-0.39, 0.29) is 0 Å². The minimum absolute atomic E-state index is 0.331. The van der Waals surface area contributed by atoms with Gasteiger partial charge in [-0.25, -0.2) is 4.98 Å². The first kappa shape index (κ1) is 18.1. The summed E-state index contributed by atoms with van der Waals surface area (Å²) in [6, 6.07) is 6.55. The van der Waals surface area contributed by atoms with E-state index in [9.17, 15) is 0 Å². The van der Waals surface area contributed by atoms with Gasteiger partial charge < -0.3 is 9.72 Å². The van der Waals surface area contributed by atoms with E-state index in [1.165, 1.54) is 22.0 Å². The van der Waals surface area contributed by atoms with E-state index in [0.717, 1.165) is 48.8 Å². The van der Waals surface area contributed by atoms with Crippen LogP contribution in [-0.2, 0) is 17.8 Å². The lowest BCUT2D eigenvalue weighted by atomic mass is 10.1. The molecule has 1 aromatic heterocycles. The summed E-state index contributed by atoms with van der Waals surface area (Å²) in [5.41, 5.74) is 3.68. The average molecular weight is 457 g/mol. The molecule has 1 aromatic carbocycles. The van der Waals surface area contributed by atoms with Crippen molar-refractivity contribution in [1.82, 2.24) is 14.9 Å². The van der Waals surface area contributed by atoms with E-state index in [1.807, 2.05) is 6.92 Å². The molecule has 3 rings (SSSR count). The molecule has 2 aromatic rings. The molecule has 1 aliphatic rings. The SMILES string of the molecule is Cc1ccc(CN(Cc2[nH]c(C)nc2Br)CC2CCCO2)c(Br)c1. The Morgan fingerprint density at radius 1 is 1.29 bits per heavy atom. The van der Waals surface area contributed by atoms with Crippen molar-refractivity contribution in [3.8, 4) is 0 Å². The summed E-state index contributed by atoms with van der Waals surface area (Å²) in [6.45, 7) is 7.62.